The molecule has 0 atom stereocenters. The molecular weight excluding hydrogens is 266 g/mol. The second-order valence-corrected chi connectivity index (χ2v) is 4.16. The van der Waals surface area contributed by atoms with E-state index < -0.39 is 11.4 Å². The number of hydrogen-bond donors (Lipinski definition) is 1. The molecule has 0 fully saturated rings. The van der Waals surface area contributed by atoms with Crippen LogP contribution in [-0.2, 0) is 4.74 Å². The molecule has 1 N–H and O–H groups in total. The van der Waals surface area contributed by atoms with Crippen molar-refractivity contribution in [3.63, 3.8) is 0 Å². The van der Waals surface area contributed by atoms with Crippen molar-refractivity contribution in [2.24, 2.45) is 0 Å². The average Bonchev–Trinajstić information content (AvgIpc) is 2.88. The van der Waals surface area contributed by atoms with Crippen LogP contribution in [-0.4, -0.2) is 29.3 Å². The van der Waals surface area contributed by atoms with Gasteiger partial charge in [0, 0.05) is 6.07 Å². The summed E-state index contributed by atoms with van der Waals surface area (Å²) in [5.41, 5.74) is -0.532. The molecule has 0 saturated heterocycles. The first-order chi connectivity index (χ1) is 9.61. The Hall–Kier alpha value is -2.70. The van der Waals surface area contributed by atoms with Crippen LogP contribution in [0.15, 0.2) is 23.1 Å². The third-order valence-corrected chi connectivity index (χ3v) is 2.97. The first-order valence-corrected chi connectivity index (χ1v) is 5.97. The lowest BCUT2D eigenvalue weighted by Crippen LogP contribution is -2.20. The minimum atomic E-state index is -0.778. The molecule has 2 heterocycles. The number of hydrogen-bond acceptors (Lipinski definition) is 6. The van der Waals surface area contributed by atoms with E-state index in [-0.39, 0.29) is 29.9 Å². The maximum absolute atomic E-state index is 12.3. The third kappa shape index (κ3) is 1.75. The van der Waals surface area contributed by atoms with Crippen LogP contribution in [0.5, 0.6) is 11.5 Å². The van der Waals surface area contributed by atoms with Gasteiger partial charge in [0.1, 0.15) is 5.56 Å². The van der Waals surface area contributed by atoms with E-state index in [0.29, 0.717) is 16.2 Å². The van der Waals surface area contributed by atoms with Crippen LogP contribution in [0.3, 0.4) is 0 Å². The molecule has 2 aromatic rings. The molecule has 104 valence electrons. The van der Waals surface area contributed by atoms with Crippen molar-refractivity contribution in [3.8, 4) is 11.5 Å². The van der Waals surface area contributed by atoms with Gasteiger partial charge in [-0.1, -0.05) is 0 Å². The van der Waals surface area contributed by atoms with E-state index in [1.807, 2.05) is 0 Å². The van der Waals surface area contributed by atoms with E-state index in [1.54, 1.807) is 6.92 Å². The largest absolute Gasteiger partial charge is 0.462 e. The van der Waals surface area contributed by atoms with E-state index in [2.05, 4.69) is 0 Å². The number of benzene rings is 1. The summed E-state index contributed by atoms with van der Waals surface area (Å²) >= 11 is 0. The number of pyridine rings is 1. The molecule has 1 aromatic carbocycles. The first kappa shape index (κ1) is 12.3. The van der Waals surface area contributed by atoms with Gasteiger partial charge in [-0.2, -0.15) is 4.73 Å². The fourth-order valence-electron chi connectivity index (χ4n) is 2.05. The highest BCUT2D eigenvalue weighted by molar-refractivity contribution is 5.94. The summed E-state index contributed by atoms with van der Waals surface area (Å²) < 4.78 is 15.8. The van der Waals surface area contributed by atoms with Crippen molar-refractivity contribution in [1.82, 2.24) is 4.73 Å². The molecule has 0 aliphatic carbocycles. The number of fused-ring (bicyclic) bond motifs is 2. The van der Waals surface area contributed by atoms with Crippen molar-refractivity contribution < 1.29 is 24.2 Å². The predicted molar refractivity (Wildman–Crippen MR) is 67.5 cm³/mol. The van der Waals surface area contributed by atoms with Gasteiger partial charge >= 0.3 is 5.97 Å². The molecule has 0 bridgehead atoms. The molecule has 7 heteroatoms. The van der Waals surface area contributed by atoms with Crippen LogP contribution in [0.25, 0.3) is 10.9 Å². The number of nitrogens with zero attached hydrogens (tertiary/aromatic N) is 1. The number of carbonyl (C=O) groups is 1. The van der Waals surface area contributed by atoms with Crippen LogP contribution < -0.4 is 14.9 Å². The van der Waals surface area contributed by atoms with E-state index in [1.165, 1.54) is 12.1 Å². The van der Waals surface area contributed by atoms with Crippen LogP contribution in [0.1, 0.15) is 17.3 Å². The van der Waals surface area contributed by atoms with Gasteiger partial charge in [-0.15, -0.1) is 0 Å². The fourth-order valence-corrected chi connectivity index (χ4v) is 2.05. The highest BCUT2D eigenvalue weighted by Gasteiger charge is 2.21. The number of esters is 1. The summed E-state index contributed by atoms with van der Waals surface area (Å²) in [4.78, 5) is 24.0. The molecule has 0 saturated carbocycles. The number of rotatable bonds is 2. The summed E-state index contributed by atoms with van der Waals surface area (Å²) in [6.07, 6.45) is 1.03. The van der Waals surface area contributed by atoms with Gasteiger partial charge in [0.15, 0.2) is 11.5 Å². The van der Waals surface area contributed by atoms with Gasteiger partial charge in [0.05, 0.1) is 23.7 Å². The van der Waals surface area contributed by atoms with Crippen molar-refractivity contribution in [2.45, 2.75) is 6.92 Å². The predicted octanol–water partition coefficient (Wildman–Crippen LogP) is 1.14. The van der Waals surface area contributed by atoms with Gasteiger partial charge in [-0.3, -0.25) is 4.79 Å². The maximum atomic E-state index is 12.3. The Morgan fingerprint density at radius 2 is 2.10 bits per heavy atom. The van der Waals surface area contributed by atoms with Gasteiger partial charge in [0.2, 0.25) is 12.2 Å². The van der Waals surface area contributed by atoms with Crippen molar-refractivity contribution in [2.75, 3.05) is 13.4 Å². The third-order valence-electron chi connectivity index (χ3n) is 2.97. The smallest absolute Gasteiger partial charge is 0.343 e. The number of ether oxygens (including phenoxy) is 3. The maximum Gasteiger partial charge on any atom is 0.343 e. The molecule has 0 unspecified atom stereocenters. The monoisotopic (exact) mass is 277 g/mol. The molecule has 1 aliphatic heterocycles. The molecule has 7 nitrogen and oxygen atoms in total. The lowest BCUT2D eigenvalue weighted by Gasteiger charge is -2.08. The number of carbonyl (C=O) groups excluding carboxylic acids is 1. The van der Waals surface area contributed by atoms with Crippen molar-refractivity contribution in [3.05, 3.63) is 34.1 Å². The second kappa shape index (κ2) is 4.44. The van der Waals surface area contributed by atoms with Crippen LogP contribution in [0.4, 0.5) is 0 Å². The Morgan fingerprint density at radius 3 is 2.80 bits per heavy atom. The normalized spacial score (nSPS) is 12.7. The van der Waals surface area contributed by atoms with Crippen LogP contribution in [0.2, 0.25) is 0 Å². The Morgan fingerprint density at radius 1 is 1.40 bits per heavy atom. The highest BCUT2D eigenvalue weighted by atomic mass is 16.7. The second-order valence-electron chi connectivity index (χ2n) is 4.16. The lowest BCUT2D eigenvalue weighted by molar-refractivity contribution is 0.0520. The Bertz CT molecular complexity index is 764. The minimum absolute atomic E-state index is 0.0516. The number of aromatic nitrogens is 1. The molecule has 3 rings (SSSR count). The van der Waals surface area contributed by atoms with Crippen molar-refractivity contribution >= 4 is 16.9 Å². The minimum Gasteiger partial charge on any atom is -0.462 e. The van der Waals surface area contributed by atoms with E-state index in [4.69, 9.17) is 14.2 Å². The van der Waals surface area contributed by atoms with Crippen LogP contribution in [0, 0.1) is 0 Å². The van der Waals surface area contributed by atoms with Crippen molar-refractivity contribution in [1.29, 1.82) is 0 Å². The van der Waals surface area contributed by atoms with Gasteiger partial charge in [-0.25, -0.2) is 4.79 Å². The van der Waals surface area contributed by atoms with Crippen LogP contribution >= 0.6 is 0 Å². The van der Waals surface area contributed by atoms with Gasteiger partial charge < -0.3 is 19.4 Å². The zero-order valence-corrected chi connectivity index (χ0v) is 10.6. The first-order valence-electron chi connectivity index (χ1n) is 5.97. The molecular formula is C13H11NO6. The molecule has 0 radical (unpaired) electrons. The van der Waals surface area contributed by atoms with Gasteiger partial charge in [-0.05, 0) is 13.0 Å². The zero-order chi connectivity index (χ0) is 14.3. The summed E-state index contributed by atoms with van der Waals surface area (Å²) in [5, 5.41) is 10.1. The Kier molecular flexibility index (Phi) is 2.74. The van der Waals surface area contributed by atoms with E-state index >= 15 is 0 Å². The summed E-state index contributed by atoms with van der Waals surface area (Å²) in [6.45, 7) is 1.83. The summed E-state index contributed by atoms with van der Waals surface area (Å²) in [7, 11) is 0. The fraction of sp³-hybridized carbons (Fsp3) is 0.231. The summed E-state index contributed by atoms with van der Waals surface area (Å²) in [6, 6.07) is 2.92. The molecule has 20 heavy (non-hydrogen) atoms. The molecule has 0 spiro atoms. The SMILES string of the molecule is CCOC(=O)c1cn(O)c2cc3c(cc2c1=O)OCO3. The highest BCUT2D eigenvalue weighted by Crippen LogP contribution is 2.34. The van der Waals surface area contributed by atoms with E-state index in [9.17, 15) is 14.8 Å². The topological polar surface area (TPSA) is 87.0 Å². The zero-order valence-electron chi connectivity index (χ0n) is 10.6. The quantitative estimate of drug-likeness (QED) is 0.654. The molecule has 0 amide bonds. The molecule has 1 aromatic heterocycles. The summed E-state index contributed by atoms with van der Waals surface area (Å²) in [5.74, 6) is 0.0547. The average molecular weight is 277 g/mol. The molecule has 1 aliphatic rings. The van der Waals surface area contributed by atoms with Gasteiger partial charge in [0.25, 0.3) is 0 Å². The Balaban J connectivity index is 2.27. The Labute approximate surface area is 112 Å². The lowest BCUT2D eigenvalue weighted by atomic mass is 10.1. The van der Waals surface area contributed by atoms with E-state index in [0.717, 1.165) is 6.20 Å². The standard InChI is InChI=1S/C13H11NO6/c1-2-18-13(16)8-5-14(17)9-4-11-10(19-6-20-11)3-7(9)12(8)15/h3-5,17H,2,6H2,1H3.